The van der Waals surface area contributed by atoms with E-state index < -0.39 is 0 Å². The fourth-order valence-electron chi connectivity index (χ4n) is 0.804. The van der Waals surface area contributed by atoms with Gasteiger partial charge in [-0.15, -0.1) is 0 Å². The first kappa shape index (κ1) is 8.60. The highest BCUT2D eigenvalue weighted by Gasteiger charge is 1.97. The zero-order chi connectivity index (χ0) is 8.27. The van der Waals surface area contributed by atoms with Crippen LogP contribution in [0.1, 0.15) is 19.4 Å². The molecule has 0 aliphatic carbocycles. The Morgan fingerprint density at radius 2 is 2.45 bits per heavy atom. The van der Waals surface area contributed by atoms with Gasteiger partial charge in [-0.3, -0.25) is 0 Å². The molecule has 0 aliphatic rings. The monoisotopic (exact) mass is 213 g/mol. The number of allylic oxidation sites excluding steroid dienone is 1. The number of rotatable bonds is 2. The number of alkyl halides is 1. The number of aromatic amines is 1. The van der Waals surface area contributed by atoms with Crippen LogP contribution in [0.25, 0.3) is 6.08 Å². The third-order valence-electron chi connectivity index (χ3n) is 1.64. The van der Waals surface area contributed by atoms with Gasteiger partial charge in [0.1, 0.15) is 0 Å². The Morgan fingerprint density at radius 1 is 1.73 bits per heavy atom. The molecule has 0 spiro atoms. The van der Waals surface area contributed by atoms with E-state index in [1.54, 1.807) is 0 Å². The van der Waals surface area contributed by atoms with Gasteiger partial charge in [-0.2, -0.15) is 0 Å². The largest absolute Gasteiger partial charge is 0.367 e. The van der Waals surface area contributed by atoms with Crippen molar-refractivity contribution in [2.24, 2.45) is 0 Å². The van der Waals surface area contributed by atoms with Crippen LogP contribution in [0.4, 0.5) is 0 Å². The van der Waals surface area contributed by atoms with Gasteiger partial charge >= 0.3 is 0 Å². The quantitative estimate of drug-likeness (QED) is 0.727. The predicted molar refractivity (Wildman–Crippen MR) is 52.8 cm³/mol. The average Bonchev–Trinajstić information content (AvgIpc) is 2.39. The van der Waals surface area contributed by atoms with Gasteiger partial charge in [0.25, 0.3) is 0 Å². The van der Waals surface area contributed by atoms with Crippen molar-refractivity contribution in [3.05, 3.63) is 29.6 Å². The zero-order valence-corrected chi connectivity index (χ0v) is 8.35. The van der Waals surface area contributed by atoms with E-state index in [-0.39, 0.29) is 0 Å². The molecule has 60 valence electrons. The summed E-state index contributed by atoms with van der Waals surface area (Å²) in [6.07, 6.45) is 6.08. The molecule has 0 radical (unpaired) electrons. The van der Waals surface area contributed by atoms with Crippen LogP contribution in [-0.2, 0) is 0 Å². The Balaban J connectivity index is 2.74. The Labute approximate surface area is 75.6 Å². The molecule has 0 saturated carbocycles. The lowest BCUT2D eigenvalue weighted by Gasteiger charge is -2.00. The Bertz CT molecular complexity index is 234. The van der Waals surface area contributed by atoms with Crippen molar-refractivity contribution in [1.29, 1.82) is 0 Å². The molecular weight excluding hydrogens is 202 g/mol. The van der Waals surface area contributed by atoms with Crippen LogP contribution in [0, 0.1) is 0 Å². The maximum atomic E-state index is 3.51. The van der Waals surface area contributed by atoms with Crippen LogP contribution in [0.5, 0.6) is 0 Å². The van der Waals surface area contributed by atoms with Crippen molar-refractivity contribution in [3.63, 3.8) is 0 Å². The maximum Gasteiger partial charge on any atom is 0.0326 e. The molecule has 2 heteroatoms. The molecule has 1 aromatic heterocycles. The van der Waals surface area contributed by atoms with Gasteiger partial charge in [-0.1, -0.05) is 27.6 Å². The van der Waals surface area contributed by atoms with Crippen molar-refractivity contribution < 1.29 is 0 Å². The lowest BCUT2D eigenvalue weighted by Crippen LogP contribution is -1.89. The smallest absolute Gasteiger partial charge is 0.0326 e. The van der Waals surface area contributed by atoms with Gasteiger partial charge in [-0.05, 0) is 25.5 Å². The van der Waals surface area contributed by atoms with E-state index in [9.17, 15) is 0 Å². The lowest BCUT2D eigenvalue weighted by atomic mass is 10.2. The average molecular weight is 214 g/mol. The molecule has 0 fully saturated rings. The summed E-state index contributed by atoms with van der Waals surface area (Å²) in [5.41, 5.74) is 2.57. The van der Waals surface area contributed by atoms with E-state index in [0.717, 1.165) is 0 Å². The topological polar surface area (TPSA) is 15.8 Å². The molecule has 1 nitrogen and oxygen atoms in total. The normalized spacial score (nSPS) is 15.0. The van der Waals surface area contributed by atoms with E-state index in [1.807, 2.05) is 12.4 Å². The van der Waals surface area contributed by atoms with Crippen LogP contribution in [0.15, 0.2) is 24.0 Å². The molecule has 0 aliphatic heterocycles. The zero-order valence-electron chi connectivity index (χ0n) is 6.76. The number of hydrogen-bond acceptors (Lipinski definition) is 0. The molecule has 1 heterocycles. The molecule has 0 aromatic carbocycles. The van der Waals surface area contributed by atoms with Gasteiger partial charge in [0, 0.05) is 17.2 Å². The van der Waals surface area contributed by atoms with E-state index in [1.165, 1.54) is 11.1 Å². The second-order valence-corrected chi connectivity index (χ2v) is 4.02. The number of H-pyrrole nitrogens is 1. The highest BCUT2D eigenvalue weighted by Crippen LogP contribution is 2.14. The SMILES string of the molecule is C/C(=C\c1cc[nH]c1)C(C)Br. The van der Waals surface area contributed by atoms with Crippen molar-refractivity contribution in [2.45, 2.75) is 18.7 Å². The highest BCUT2D eigenvalue weighted by molar-refractivity contribution is 9.09. The summed E-state index contributed by atoms with van der Waals surface area (Å²) in [6, 6.07) is 2.05. The Hall–Kier alpha value is -0.500. The van der Waals surface area contributed by atoms with Gasteiger partial charge in [0.2, 0.25) is 0 Å². The third-order valence-corrected chi connectivity index (χ3v) is 2.37. The molecule has 11 heavy (non-hydrogen) atoms. The standard InChI is InChI=1S/C9H12BrN/c1-7(8(2)10)5-9-3-4-11-6-9/h3-6,8,11H,1-2H3/b7-5+. The van der Waals surface area contributed by atoms with Crippen molar-refractivity contribution >= 4 is 22.0 Å². The highest BCUT2D eigenvalue weighted by atomic mass is 79.9. The van der Waals surface area contributed by atoms with Crippen LogP contribution in [0.3, 0.4) is 0 Å². The summed E-state index contributed by atoms with van der Waals surface area (Å²) in [5.74, 6) is 0. The van der Waals surface area contributed by atoms with Gasteiger partial charge in [0.05, 0.1) is 0 Å². The third kappa shape index (κ3) is 2.54. The van der Waals surface area contributed by atoms with Crippen LogP contribution in [0.2, 0.25) is 0 Å². The van der Waals surface area contributed by atoms with Crippen molar-refractivity contribution in [1.82, 2.24) is 4.98 Å². The number of hydrogen-bond donors (Lipinski definition) is 1. The molecule has 1 atom stereocenters. The van der Waals surface area contributed by atoms with Gasteiger partial charge in [0.15, 0.2) is 0 Å². The van der Waals surface area contributed by atoms with E-state index in [0.29, 0.717) is 4.83 Å². The van der Waals surface area contributed by atoms with Crippen LogP contribution >= 0.6 is 15.9 Å². The number of aromatic nitrogens is 1. The summed E-state index contributed by atoms with van der Waals surface area (Å²) in [7, 11) is 0. The molecule has 1 rings (SSSR count). The lowest BCUT2D eigenvalue weighted by molar-refractivity contribution is 1.16. The van der Waals surface area contributed by atoms with E-state index in [2.05, 4.69) is 46.9 Å². The number of halogens is 1. The number of nitrogens with one attached hydrogen (secondary N) is 1. The minimum atomic E-state index is 0.456. The van der Waals surface area contributed by atoms with E-state index in [4.69, 9.17) is 0 Å². The Kier molecular flexibility index (Phi) is 2.94. The second kappa shape index (κ2) is 3.77. The summed E-state index contributed by atoms with van der Waals surface area (Å²) < 4.78 is 0. The first-order valence-electron chi connectivity index (χ1n) is 3.65. The minimum absolute atomic E-state index is 0.456. The van der Waals surface area contributed by atoms with Gasteiger partial charge < -0.3 is 4.98 Å². The first-order chi connectivity index (χ1) is 5.20. The maximum absolute atomic E-state index is 3.51. The fraction of sp³-hybridized carbons (Fsp3) is 0.333. The summed E-state index contributed by atoms with van der Waals surface area (Å²) in [6.45, 7) is 4.24. The molecule has 1 aromatic rings. The van der Waals surface area contributed by atoms with Crippen LogP contribution < -0.4 is 0 Å². The van der Waals surface area contributed by atoms with Gasteiger partial charge in [-0.25, -0.2) is 0 Å². The molecule has 0 saturated heterocycles. The molecule has 1 N–H and O–H groups in total. The summed E-state index contributed by atoms with van der Waals surface area (Å²) >= 11 is 3.51. The molecular formula is C9H12BrN. The van der Waals surface area contributed by atoms with E-state index >= 15 is 0 Å². The minimum Gasteiger partial charge on any atom is -0.367 e. The molecule has 0 bridgehead atoms. The Morgan fingerprint density at radius 3 is 2.91 bits per heavy atom. The van der Waals surface area contributed by atoms with Crippen molar-refractivity contribution in [2.75, 3.05) is 0 Å². The molecule has 0 amide bonds. The predicted octanol–water partition coefficient (Wildman–Crippen LogP) is 3.20. The summed E-state index contributed by atoms with van der Waals surface area (Å²) in [5, 5.41) is 0. The van der Waals surface area contributed by atoms with Crippen molar-refractivity contribution in [3.8, 4) is 0 Å². The van der Waals surface area contributed by atoms with Crippen LogP contribution in [-0.4, -0.2) is 9.81 Å². The molecule has 1 unspecified atom stereocenters. The summed E-state index contributed by atoms with van der Waals surface area (Å²) in [4.78, 5) is 3.47. The fourth-order valence-corrected chi connectivity index (χ4v) is 0.936. The first-order valence-corrected chi connectivity index (χ1v) is 4.57. The second-order valence-electron chi connectivity index (χ2n) is 2.65.